The molecule has 0 saturated heterocycles. The SMILES string of the molecule is CCC(C)(C)c1ccc(OCC(=O)Nc2cccc(C(=O)CC(=O)Nc3cc(Cl)ccc3Cl)c2)c(C(C)(C)CC)c1. The largest absolute Gasteiger partial charge is 0.483 e. The number of anilines is 2. The highest BCUT2D eigenvalue weighted by Gasteiger charge is 2.27. The molecule has 3 rings (SSSR count). The summed E-state index contributed by atoms with van der Waals surface area (Å²) in [6, 6.07) is 17.3. The second kappa shape index (κ2) is 13.5. The van der Waals surface area contributed by atoms with E-state index in [1.807, 2.05) is 6.07 Å². The average Bonchev–Trinajstić information content (AvgIpc) is 2.93. The van der Waals surface area contributed by atoms with Gasteiger partial charge >= 0.3 is 0 Å². The molecular weight excluding hydrogens is 559 g/mol. The van der Waals surface area contributed by atoms with E-state index in [4.69, 9.17) is 27.9 Å². The van der Waals surface area contributed by atoms with Crippen molar-refractivity contribution in [3.63, 3.8) is 0 Å². The minimum Gasteiger partial charge on any atom is -0.483 e. The zero-order chi connectivity index (χ0) is 30.4. The maximum atomic E-state index is 12.8. The van der Waals surface area contributed by atoms with E-state index in [-0.39, 0.29) is 28.9 Å². The number of nitrogens with one attached hydrogen (secondary N) is 2. The Morgan fingerprint density at radius 1 is 0.805 bits per heavy atom. The third-order valence-electron chi connectivity index (χ3n) is 7.61. The lowest BCUT2D eigenvalue weighted by Gasteiger charge is -2.30. The van der Waals surface area contributed by atoms with Gasteiger partial charge in [-0.05, 0) is 65.6 Å². The number of amides is 2. The first kappa shape index (κ1) is 32.2. The highest BCUT2D eigenvalue weighted by molar-refractivity contribution is 6.35. The van der Waals surface area contributed by atoms with E-state index in [1.165, 1.54) is 17.7 Å². The zero-order valence-corrected chi connectivity index (χ0v) is 26.0. The average molecular weight is 598 g/mol. The van der Waals surface area contributed by atoms with Crippen molar-refractivity contribution in [1.29, 1.82) is 0 Å². The Bertz CT molecular complexity index is 1430. The second-order valence-corrected chi connectivity index (χ2v) is 12.2. The number of hydrogen-bond acceptors (Lipinski definition) is 4. The van der Waals surface area contributed by atoms with Crippen LogP contribution in [0.4, 0.5) is 11.4 Å². The number of ether oxygens (including phenoxy) is 1. The molecule has 0 heterocycles. The monoisotopic (exact) mass is 596 g/mol. The van der Waals surface area contributed by atoms with Crippen molar-refractivity contribution in [2.45, 2.75) is 71.6 Å². The van der Waals surface area contributed by atoms with E-state index in [9.17, 15) is 14.4 Å². The van der Waals surface area contributed by atoms with Crippen LogP contribution in [0, 0.1) is 0 Å². The maximum Gasteiger partial charge on any atom is 0.262 e. The van der Waals surface area contributed by atoms with Crippen LogP contribution in [-0.2, 0) is 20.4 Å². The van der Waals surface area contributed by atoms with Crippen LogP contribution in [-0.4, -0.2) is 24.2 Å². The van der Waals surface area contributed by atoms with Crippen molar-refractivity contribution in [3.05, 3.63) is 87.4 Å². The van der Waals surface area contributed by atoms with Crippen molar-refractivity contribution in [1.82, 2.24) is 0 Å². The molecular formula is C33H38Cl2N2O4. The number of benzene rings is 3. The first-order valence-corrected chi connectivity index (χ1v) is 14.5. The van der Waals surface area contributed by atoms with Gasteiger partial charge in [0.25, 0.3) is 5.91 Å². The molecule has 3 aromatic rings. The van der Waals surface area contributed by atoms with Crippen LogP contribution in [0.25, 0.3) is 0 Å². The van der Waals surface area contributed by atoms with Gasteiger partial charge in [0, 0.05) is 21.8 Å². The van der Waals surface area contributed by atoms with Gasteiger partial charge in [-0.3, -0.25) is 14.4 Å². The zero-order valence-electron chi connectivity index (χ0n) is 24.5. The van der Waals surface area contributed by atoms with Crippen molar-refractivity contribution in [2.75, 3.05) is 17.2 Å². The van der Waals surface area contributed by atoms with Crippen LogP contribution >= 0.6 is 23.2 Å². The topological polar surface area (TPSA) is 84.5 Å². The lowest BCUT2D eigenvalue weighted by Crippen LogP contribution is -2.24. The summed E-state index contributed by atoms with van der Waals surface area (Å²) < 4.78 is 6.01. The number of Topliss-reactive ketones (excluding diaryl/α,β-unsaturated/α-hetero) is 1. The summed E-state index contributed by atoms with van der Waals surface area (Å²) in [5.41, 5.74) is 3.24. The number of carbonyl (C=O) groups excluding carboxylic acids is 3. The molecule has 8 heteroatoms. The van der Waals surface area contributed by atoms with Crippen LogP contribution in [0.5, 0.6) is 5.75 Å². The first-order valence-electron chi connectivity index (χ1n) is 13.7. The molecule has 0 fully saturated rings. The Labute approximate surface area is 252 Å². The van der Waals surface area contributed by atoms with Gasteiger partial charge in [0.05, 0.1) is 17.1 Å². The molecule has 3 aromatic carbocycles. The molecule has 0 radical (unpaired) electrons. The number of hydrogen-bond donors (Lipinski definition) is 2. The molecule has 218 valence electrons. The van der Waals surface area contributed by atoms with Crippen molar-refractivity contribution >= 4 is 52.2 Å². The fourth-order valence-electron chi connectivity index (χ4n) is 4.15. The second-order valence-electron chi connectivity index (χ2n) is 11.4. The van der Waals surface area contributed by atoms with E-state index < -0.39 is 18.1 Å². The van der Waals surface area contributed by atoms with E-state index in [0.717, 1.165) is 18.4 Å². The standard InChI is InChI=1S/C33H38Cl2N2O4/c1-7-32(3,4)22-12-15-29(25(17-22)33(5,6)8-2)41-20-31(40)36-24-11-9-10-21(16-24)28(38)19-30(39)37-27-18-23(34)13-14-26(27)35/h9-18H,7-8,19-20H2,1-6H3,(H,36,40)(H,37,39). The molecule has 0 aliphatic heterocycles. The van der Waals surface area contributed by atoms with Gasteiger partial charge < -0.3 is 15.4 Å². The summed E-state index contributed by atoms with van der Waals surface area (Å²) in [4.78, 5) is 38.0. The molecule has 41 heavy (non-hydrogen) atoms. The molecule has 0 spiro atoms. The summed E-state index contributed by atoms with van der Waals surface area (Å²) in [5, 5.41) is 6.11. The molecule has 6 nitrogen and oxygen atoms in total. The highest BCUT2D eigenvalue weighted by Crippen LogP contribution is 2.38. The van der Waals surface area contributed by atoms with Crippen molar-refractivity contribution in [3.8, 4) is 5.75 Å². The number of rotatable bonds is 12. The van der Waals surface area contributed by atoms with Crippen LogP contribution in [0.15, 0.2) is 60.7 Å². The molecule has 0 saturated carbocycles. The molecule has 0 aliphatic carbocycles. The summed E-state index contributed by atoms with van der Waals surface area (Å²) in [5.74, 6) is -0.616. The van der Waals surface area contributed by atoms with Crippen LogP contribution in [0.3, 0.4) is 0 Å². The minimum atomic E-state index is -0.527. The Morgan fingerprint density at radius 3 is 2.20 bits per heavy atom. The number of ketones is 1. The Hall–Kier alpha value is -3.35. The van der Waals surface area contributed by atoms with E-state index >= 15 is 0 Å². The quantitative estimate of drug-likeness (QED) is 0.162. The first-order chi connectivity index (χ1) is 19.3. The predicted octanol–water partition coefficient (Wildman–Crippen LogP) is 8.60. The van der Waals surface area contributed by atoms with Gasteiger partial charge in [0.1, 0.15) is 5.75 Å². The highest BCUT2D eigenvalue weighted by atomic mass is 35.5. The van der Waals surface area contributed by atoms with E-state index in [2.05, 4.69) is 64.3 Å². The number of halogens is 2. The van der Waals surface area contributed by atoms with Crippen molar-refractivity contribution in [2.24, 2.45) is 0 Å². The normalized spacial score (nSPS) is 11.6. The molecule has 0 unspecified atom stereocenters. The fourth-order valence-corrected chi connectivity index (χ4v) is 4.48. The van der Waals surface area contributed by atoms with Gasteiger partial charge in [-0.2, -0.15) is 0 Å². The van der Waals surface area contributed by atoms with Crippen LogP contribution in [0.1, 0.15) is 82.3 Å². The minimum absolute atomic E-state index is 0.0277. The summed E-state index contributed by atoms with van der Waals surface area (Å²) in [7, 11) is 0. The molecule has 2 N–H and O–H groups in total. The maximum absolute atomic E-state index is 12.8. The summed E-state index contributed by atoms with van der Waals surface area (Å²) in [6.07, 6.45) is 1.52. The van der Waals surface area contributed by atoms with Gasteiger partial charge in [-0.15, -0.1) is 0 Å². The van der Waals surface area contributed by atoms with E-state index in [1.54, 1.807) is 30.3 Å². The van der Waals surface area contributed by atoms with Gasteiger partial charge in [-0.1, -0.05) is 89.0 Å². The third-order valence-corrected chi connectivity index (χ3v) is 8.17. The molecule has 0 bridgehead atoms. The number of carbonyl (C=O) groups is 3. The van der Waals surface area contributed by atoms with Crippen molar-refractivity contribution < 1.29 is 19.1 Å². The van der Waals surface area contributed by atoms with Gasteiger partial charge in [-0.25, -0.2) is 0 Å². The van der Waals surface area contributed by atoms with Gasteiger partial charge in [0.2, 0.25) is 5.91 Å². The summed E-state index contributed by atoms with van der Waals surface area (Å²) >= 11 is 12.0. The fraction of sp³-hybridized carbons (Fsp3) is 0.364. The molecule has 0 aromatic heterocycles. The molecule has 0 atom stereocenters. The lowest BCUT2D eigenvalue weighted by atomic mass is 9.76. The van der Waals surface area contributed by atoms with Crippen LogP contribution < -0.4 is 15.4 Å². The molecule has 2 amide bonds. The van der Waals surface area contributed by atoms with Gasteiger partial charge in [0.15, 0.2) is 12.4 Å². The molecule has 0 aliphatic rings. The third kappa shape index (κ3) is 8.57. The predicted molar refractivity (Wildman–Crippen MR) is 168 cm³/mol. The van der Waals surface area contributed by atoms with Crippen LogP contribution in [0.2, 0.25) is 10.0 Å². The van der Waals surface area contributed by atoms with E-state index in [0.29, 0.717) is 27.2 Å². The smallest absolute Gasteiger partial charge is 0.262 e. The Morgan fingerprint density at radius 2 is 1.51 bits per heavy atom. The lowest BCUT2D eigenvalue weighted by molar-refractivity contribution is -0.118. The Balaban J connectivity index is 1.65. The Kier molecular flexibility index (Phi) is 10.6. The summed E-state index contributed by atoms with van der Waals surface area (Å²) in [6.45, 7) is 12.9.